The van der Waals surface area contributed by atoms with E-state index in [0.717, 1.165) is 37.6 Å². The highest BCUT2D eigenvalue weighted by molar-refractivity contribution is 6.08. The fourth-order valence-electron chi connectivity index (χ4n) is 5.94. The summed E-state index contributed by atoms with van der Waals surface area (Å²) in [5, 5.41) is 0. The van der Waals surface area contributed by atoms with Crippen LogP contribution in [0.3, 0.4) is 0 Å². The number of amides is 3. The lowest BCUT2D eigenvalue weighted by molar-refractivity contribution is -0.917. The number of allylic oxidation sites excluding steroid dienone is 2. The number of quaternary nitrogens is 1. The molecule has 2 bridgehead atoms. The number of ether oxygens (including phenoxy) is 2. The summed E-state index contributed by atoms with van der Waals surface area (Å²) in [4.78, 5) is 42.9. The minimum Gasteiger partial charge on any atom is -0.454 e. The first-order chi connectivity index (χ1) is 15.1. The van der Waals surface area contributed by atoms with Crippen LogP contribution in [0.15, 0.2) is 30.4 Å². The van der Waals surface area contributed by atoms with Crippen molar-refractivity contribution in [1.29, 1.82) is 0 Å². The largest absolute Gasteiger partial charge is 0.454 e. The topological polar surface area (TPSA) is 80.6 Å². The van der Waals surface area contributed by atoms with Crippen LogP contribution in [0.4, 0.5) is 0 Å². The molecule has 1 saturated carbocycles. The smallest absolute Gasteiger partial charge is 0.243 e. The van der Waals surface area contributed by atoms with E-state index in [0.29, 0.717) is 13.1 Å². The van der Waals surface area contributed by atoms with Crippen molar-refractivity contribution in [2.75, 3.05) is 39.5 Å². The third-order valence-electron chi connectivity index (χ3n) is 7.57. The molecule has 1 aromatic carbocycles. The Morgan fingerprint density at radius 2 is 1.68 bits per heavy atom. The number of carbonyl (C=O) groups excluding carboxylic acids is 3. The number of carbonyl (C=O) groups is 3. The number of piperazine rings is 1. The lowest BCUT2D eigenvalue weighted by Crippen LogP contribution is -3.13. The van der Waals surface area contributed by atoms with Gasteiger partial charge in [0.05, 0.1) is 38.0 Å². The summed E-state index contributed by atoms with van der Waals surface area (Å²) in [5.41, 5.74) is 1.18. The standard InChI is InChI=1S/C23H25N3O5/c27-19(12-26-22(28)20-15-2-3-16(10-15)21(20)23(26)29)25-7-5-24(6-8-25)11-14-1-4-17-18(9-14)31-13-30-17/h1-4,9,15-16,20-21H,5-8,10-13H2/p+1/t15-,16-,20+,21+/m1/s1. The Kier molecular flexibility index (Phi) is 4.31. The van der Waals surface area contributed by atoms with E-state index < -0.39 is 0 Å². The van der Waals surface area contributed by atoms with E-state index in [1.165, 1.54) is 15.4 Å². The fraction of sp³-hybridized carbons (Fsp3) is 0.522. The highest BCUT2D eigenvalue weighted by atomic mass is 16.7. The van der Waals surface area contributed by atoms with Crippen LogP contribution in [-0.4, -0.2) is 67.0 Å². The summed E-state index contributed by atoms with van der Waals surface area (Å²) in [6.45, 7) is 3.96. The first-order valence-electron chi connectivity index (χ1n) is 11.1. The fourth-order valence-corrected chi connectivity index (χ4v) is 5.94. The summed E-state index contributed by atoms with van der Waals surface area (Å²) >= 11 is 0. The average molecular weight is 424 g/mol. The first-order valence-corrected chi connectivity index (χ1v) is 11.1. The molecule has 0 spiro atoms. The van der Waals surface area contributed by atoms with Gasteiger partial charge in [-0.3, -0.25) is 19.3 Å². The molecule has 3 heterocycles. The van der Waals surface area contributed by atoms with Crippen LogP contribution >= 0.6 is 0 Å². The second-order valence-electron chi connectivity index (χ2n) is 9.26. The molecule has 8 heteroatoms. The van der Waals surface area contributed by atoms with Crippen LogP contribution in [-0.2, 0) is 20.9 Å². The van der Waals surface area contributed by atoms with E-state index >= 15 is 0 Å². The van der Waals surface area contributed by atoms with E-state index in [-0.39, 0.29) is 54.7 Å². The lowest BCUT2D eigenvalue weighted by Gasteiger charge is -2.33. The molecule has 31 heavy (non-hydrogen) atoms. The van der Waals surface area contributed by atoms with Crippen molar-refractivity contribution in [2.45, 2.75) is 13.0 Å². The molecule has 6 rings (SSSR count). The van der Waals surface area contributed by atoms with Gasteiger partial charge < -0.3 is 19.3 Å². The van der Waals surface area contributed by atoms with Gasteiger partial charge in [-0.05, 0) is 36.5 Å². The summed E-state index contributed by atoms with van der Waals surface area (Å²) in [6.07, 6.45) is 5.05. The molecule has 0 radical (unpaired) electrons. The number of likely N-dealkylation sites (tertiary alicyclic amines) is 1. The van der Waals surface area contributed by atoms with Crippen molar-refractivity contribution in [3.05, 3.63) is 35.9 Å². The number of fused-ring (bicyclic) bond motifs is 6. The Hall–Kier alpha value is -2.87. The molecule has 1 N–H and O–H groups in total. The second kappa shape index (κ2) is 7.09. The van der Waals surface area contributed by atoms with Gasteiger partial charge in [-0.25, -0.2) is 0 Å². The molecule has 4 atom stereocenters. The summed E-state index contributed by atoms with van der Waals surface area (Å²) < 4.78 is 10.8. The zero-order chi connectivity index (χ0) is 21.1. The Labute approximate surface area is 180 Å². The van der Waals surface area contributed by atoms with E-state index in [1.807, 2.05) is 12.1 Å². The van der Waals surface area contributed by atoms with Crippen molar-refractivity contribution >= 4 is 17.7 Å². The van der Waals surface area contributed by atoms with E-state index in [4.69, 9.17) is 9.47 Å². The van der Waals surface area contributed by atoms with Gasteiger partial charge in [0.1, 0.15) is 13.1 Å². The summed E-state index contributed by atoms with van der Waals surface area (Å²) in [6, 6.07) is 6.02. The number of nitrogens with zero attached hydrogens (tertiary/aromatic N) is 2. The number of rotatable bonds is 4. The predicted molar refractivity (Wildman–Crippen MR) is 108 cm³/mol. The quantitative estimate of drug-likeness (QED) is 0.518. The maximum Gasteiger partial charge on any atom is 0.243 e. The molecule has 0 unspecified atom stereocenters. The molecule has 3 aliphatic heterocycles. The zero-order valence-electron chi connectivity index (χ0n) is 17.3. The molecule has 3 fully saturated rings. The van der Waals surface area contributed by atoms with Crippen LogP contribution in [0.2, 0.25) is 0 Å². The minimum absolute atomic E-state index is 0.110. The monoisotopic (exact) mass is 424 g/mol. The van der Waals surface area contributed by atoms with Gasteiger partial charge in [-0.2, -0.15) is 0 Å². The number of hydrogen-bond donors (Lipinski definition) is 1. The zero-order valence-corrected chi connectivity index (χ0v) is 17.3. The van der Waals surface area contributed by atoms with Gasteiger partial charge in [-0.15, -0.1) is 0 Å². The Bertz CT molecular complexity index is 953. The van der Waals surface area contributed by atoms with Gasteiger partial charge in [0.2, 0.25) is 24.5 Å². The van der Waals surface area contributed by atoms with Gasteiger partial charge in [0, 0.05) is 5.56 Å². The molecular formula is C23H26N3O5+. The van der Waals surface area contributed by atoms with Crippen molar-refractivity contribution in [3.63, 3.8) is 0 Å². The summed E-state index contributed by atoms with van der Waals surface area (Å²) in [7, 11) is 0. The third-order valence-corrected chi connectivity index (χ3v) is 7.57. The molecule has 162 valence electrons. The van der Waals surface area contributed by atoms with Crippen LogP contribution in [0.25, 0.3) is 0 Å². The molecule has 2 aliphatic carbocycles. The van der Waals surface area contributed by atoms with Gasteiger partial charge >= 0.3 is 0 Å². The van der Waals surface area contributed by atoms with Crippen molar-refractivity contribution in [1.82, 2.24) is 9.80 Å². The number of benzene rings is 1. The van der Waals surface area contributed by atoms with Crippen LogP contribution in [0.5, 0.6) is 11.5 Å². The summed E-state index contributed by atoms with van der Waals surface area (Å²) in [5.74, 6) is 1.04. The molecule has 5 aliphatic rings. The highest BCUT2D eigenvalue weighted by Gasteiger charge is 2.59. The van der Waals surface area contributed by atoms with E-state index in [9.17, 15) is 14.4 Å². The molecule has 0 aromatic heterocycles. The second-order valence-corrected chi connectivity index (χ2v) is 9.26. The average Bonchev–Trinajstić information content (AvgIpc) is 3.55. The first kappa shape index (κ1) is 18.9. The van der Waals surface area contributed by atoms with Crippen molar-refractivity contribution in [3.8, 4) is 11.5 Å². The predicted octanol–water partition coefficient (Wildman–Crippen LogP) is -0.550. The third kappa shape index (κ3) is 3.04. The lowest BCUT2D eigenvalue weighted by atomic mass is 9.85. The van der Waals surface area contributed by atoms with Crippen LogP contribution in [0, 0.1) is 23.7 Å². The Balaban J connectivity index is 1.03. The van der Waals surface area contributed by atoms with E-state index in [1.54, 1.807) is 4.90 Å². The van der Waals surface area contributed by atoms with Gasteiger partial charge in [-0.1, -0.05) is 12.2 Å². The number of hydrogen-bond acceptors (Lipinski definition) is 5. The normalized spacial score (nSPS) is 31.1. The molecule has 2 saturated heterocycles. The number of imide groups is 1. The SMILES string of the molecule is O=C(CN1C(=O)[C@@H]2[C@@H](C1=O)[C@@H]1C=C[C@@H]2C1)N1CC[NH+](Cc2ccc3c(c2)OCO3)CC1. The molecular weight excluding hydrogens is 398 g/mol. The minimum atomic E-state index is -0.238. The maximum absolute atomic E-state index is 12.9. The maximum atomic E-state index is 12.9. The molecule has 3 amide bonds. The van der Waals surface area contributed by atoms with Crippen molar-refractivity contribution in [2.24, 2.45) is 23.7 Å². The van der Waals surface area contributed by atoms with Gasteiger partial charge in [0.15, 0.2) is 11.5 Å². The van der Waals surface area contributed by atoms with Crippen molar-refractivity contribution < 1.29 is 28.8 Å². The number of nitrogens with one attached hydrogen (secondary N) is 1. The van der Waals surface area contributed by atoms with Crippen LogP contribution < -0.4 is 14.4 Å². The Morgan fingerprint density at radius 1 is 1.00 bits per heavy atom. The van der Waals surface area contributed by atoms with Crippen LogP contribution in [0.1, 0.15) is 12.0 Å². The highest BCUT2D eigenvalue weighted by Crippen LogP contribution is 2.52. The van der Waals surface area contributed by atoms with E-state index in [2.05, 4.69) is 18.2 Å². The van der Waals surface area contributed by atoms with Gasteiger partial charge in [0.25, 0.3) is 0 Å². The molecule has 8 nitrogen and oxygen atoms in total. The Morgan fingerprint density at radius 3 is 2.39 bits per heavy atom. The molecule has 1 aromatic rings.